The van der Waals surface area contributed by atoms with Crippen LogP contribution in [0.3, 0.4) is 0 Å². The Hall–Kier alpha value is -1.07. The summed E-state index contributed by atoms with van der Waals surface area (Å²) in [6.45, 7) is 1.85. The van der Waals surface area contributed by atoms with Crippen LogP contribution in [0.15, 0.2) is 24.4 Å². The van der Waals surface area contributed by atoms with Gasteiger partial charge in [0.1, 0.15) is 0 Å². The van der Waals surface area contributed by atoms with Crippen molar-refractivity contribution in [3.63, 3.8) is 0 Å². The van der Waals surface area contributed by atoms with Crippen LogP contribution in [-0.4, -0.2) is 35.8 Å². The number of amides is 1. The van der Waals surface area contributed by atoms with Crippen LogP contribution in [-0.2, 0) is 10.5 Å². The molecule has 0 bridgehead atoms. The summed E-state index contributed by atoms with van der Waals surface area (Å²) in [4.78, 5) is 15.9. The number of nitrogens with zero attached hydrogens (tertiary/aromatic N) is 1. The Morgan fingerprint density at radius 3 is 3.21 bits per heavy atom. The summed E-state index contributed by atoms with van der Waals surface area (Å²) in [5.74, 6) is 1.88. The smallest absolute Gasteiger partial charge is 0.220 e. The average molecular weight is 279 g/mol. The van der Waals surface area contributed by atoms with Gasteiger partial charge in [-0.05, 0) is 31.5 Å². The van der Waals surface area contributed by atoms with E-state index in [4.69, 9.17) is 0 Å². The molecule has 1 unspecified atom stereocenters. The van der Waals surface area contributed by atoms with E-state index in [1.807, 2.05) is 18.2 Å². The van der Waals surface area contributed by atoms with Crippen molar-refractivity contribution in [2.24, 2.45) is 0 Å². The number of rotatable bonds is 7. The second-order valence-corrected chi connectivity index (χ2v) is 5.83. The molecular weight excluding hydrogens is 258 g/mol. The predicted molar refractivity (Wildman–Crippen MR) is 79.1 cm³/mol. The van der Waals surface area contributed by atoms with Crippen molar-refractivity contribution in [2.75, 3.05) is 18.8 Å². The van der Waals surface area contributed by atoms with Crippen molar-refractivity contribution in [1.29, 1.82) is 0 Å². The van der Waals surface area contributed by atoms with E-state index >= 15 is 0 Å². The lowest BCUT2D eigenvalue weighted by Gasteiger charge is -2.11. The molecule has 5 heteroatoms. The summed E-state index contributed by atoms with van der Waals surface area (Å²) in [5.41, 5.74) is 1.07. The highest BCUT2D eigenvalue weighted by atomic mass is 32.2. The zero-order valence-corrected chi connectivity index (χ0v) is 11.9. The maximum atomic E-state index is 11.6. The molecule has 4 nitrogen and oxygen atoms in total. The first-order valence-corrected chi connectivity index (χ1v) is 7.98. The van der Waals surface area contributed by atoms with E-state index in [1.165, 1.54) is 12.8 Å². The fraction of sp³-hybridized carbons (Fsp3) is 0.571. The van der Waals surface area contributed by atoms with Crippen LogP contribution in [0.25, 0.3) is 0 Å². The van der Waals surface area contributed by atoms with Crippen molar-refractivity contribution in [3.8, 4) is 0 Å². The molecule has 104 valence electrons. The lowest BCUT2D eigenvalue weighted by atomic mass is 10.2. The summed E-state index contributed by atoms with van der Waals surface area (Å²) in [6.07, 6.45) is 4.79. The highest BCUT2D eigenvalue weighted by molar-refractivity contribution is 7.98. The van der Waals surface area contributed by atoms with Gasteiger partial charge in [-0.3, -0.25) is 9.78 Å². The maximum Gasteiger partial charge on any atom is 0.220 e. The third kappa shape index (κ3) is 5.61. The summed E-state index contributed by atoms with van der Waals surface area (Å²) in [5, 5.41) is 6.37. The molecule has 1 aliphatic rings. The number of carbonyl (C=O) groups excluding carboxylic acids is 1. The van der Waals surface area contributed by atoms with Gasteiger partial charge < -0.3 is 10.6 Å². The first-order chi connectivity index (χ1) is 9.34. The van der Waals surface area contributed by atoms with Gasteiger partial charge in [-0.15, -0.1) is 0 Å². The van der Waals surface area contributed by atoms with Gasteiger partial charge in [-0.25, -0.2) is 0 Å². The molecule has 1 saturated heterocycles. The number of nitrogens with one attached hydrogen (secondary N) is 2. The third-order valence-electron chi connectivity index (χ3n) is 3.16. The molecule has 1 atom stereocenters. The van der Waals surface area contributed by atoms with Crippen LogP contribution < -0.4 is 10.6 Å². The number of thioether (sulfide) groups is 1. The van der Waals surface area contributed by atoms with Gasteiger partial charge in [0.05, 0.1) is 5.69 Å². The highest BCUT2D eigenvalue weighted by Crippen LogP contribution is 2.10. The van der Waals surface area contributed by atoms with Crippen LogP contribution >= 0.6 is 11.8 Å². The van der Waals surface area contributed by atoms with Crippen LogP contribution in [0, 0.1) is 0 Å². The molecule has 0 saturated carbocycles. The minimum Gasteiger partial charge on any atom is -0.355 e. The van der Waals surface area contributed by atoms with Crippen LogP contribution in [0.1, 0.15) is 25.0 Å². The molecule has 19 heavy (non-hydrogen) atoms. The molecule has 1 aromatic heterocycles. The topological polar surface area (TPSA) is 54.0 Å². The zero-order valence-electron chi connectivity index (χ0n) is 11.1. The molecule has 1 amide bonds. The molecule has 0 spiro atoms. The van der Waals surface area contributed by atoms with Crippen LogP contribution in [0.2, 0.25) is 0 Å². The molecule has 2 rings (SSSR count). The second-order valence-electron chi connectivity index (χ2n) is 4.72. The van der Waals surface area contributed by atoms with E-state index in [2.05, 4.69) is 15.6 Å². The molecule has 0 aromatic carbocycles. The second kappa shape index (κ2) is 8.17. The number of hydrogen-bond donors (Lipinski definition) is 2. The molecule has 0 aliphatic carbocycles. The van der Waals surface area contributed by atoms with E-state index in [1.54, 1.807) is 18.0 Å². The van der Waals surface area contributed by atoms with Gasteiger partial charge in [-0.2, -0.15) is 11.8 Å². The number of hydrogen-bond acceptors (Lipinski definition) is 4. The van der Waals surface area contributed by atoms with Gasteiger partial charge >= 0.3 is 0 Å². The Morgan fingerprint density at radius 2 is 2.47 bits per heavy atom. The minimum atomic E-state index is 0.155. The molecule has 0 radical (unpaired) electrons. The number of pyridine rings is 1. The normalized spacial score (nSPS) is 18.4. The van der Waals surface area contributed by atoms with Crippen molar-refractivity contribution < 1.29 is 4.79 Å². The maximum absolute atomic E-state index is 11.6. The van der Waals surface area contributed by atoms with Crippen LogP contribution in [0.4, 0.5) is 0 Å². The SMILES string of the molecule is O=C(CCSCc1ccccn1)NCC1CCCN1. The number of carbonyl (C=O) groups is 1. The Labute approximate surface area is 118 Å². The van der Waals surface area contributed by atoms with Gasteiger partial charge in [0, 0.05) is 36.7 Å². The lowest BCUT2D eigenvalue weighted by Crippen LogP contribution is -2.37. The fourth-order valence-corrected chi connectivity index (χ4v) is 2.94. The van der Waals surface area contributed by atoms with Crippen LogP contribution in [0.5, 0.6) is 0 Å². The monoisotopic (exact) mass is 279 g/mol. The average Bonchev–Trinajstić information content (AvgIpc) is 2.96. The summed E-state index contributed by atoms with van der Waals surface area (Å²) < 4.78 is 0. The lowest BCUT2D eigenvalue weighted by molar-refractivity contribution is -0.120. The van der Waals surface area contributed by atoms with E-state index < -0.39 is 0 Å². The molecule has 2 N–H and O–H groups in total. The third-order valence-corrected chi connectivity index (χ3v) is 4.15. The first-order valence-electron chi connectivity index (χ1n) is 6.82. The fourth-order valence-electron chi connectivity index (χ4n) is 2.08. The highest BCUT2D eigenvalue weighted by Gasteiger charge is 2.14. The Balaban J connectivity index is 1.51. The van der Waals surface area contributed by atoms with E-state index in [0.717, 1.165) is 30.3 Å². The number of aromatic nitrogens is 1. The first kappa shape index (κ1) is 14.3. The Bertz CT molecular complexity index is 380. The van der Waals surface area contributed by atoms with Crippen molar-refractivity contribution >= 4 is 17.7 Å². The predicted octanol–water partition coefficient (Wildman–Crippen LogP) is 1.57. The van der Waals surface area contributed by atoms with E-state index in [0.29, 0.717) is 12.5 Å². The van der Waals surface area contributed by atoms with Gasteiger partial charge in [0.15, 0.2) is 0 Å². The quantitative estimate of drug-likeness (QED) is 0.744. The standard InChI is InChI=1S/C14H21N3OS/c18-14(17-10-12-5-3-8-15-12)6-9-19-11-13-4-1-2-7-16-13/h1-2,4,7,12,15H,3,5-6,8-11H2,(H,17,18). The van der Waals surface area contributed by atoms with Crippen molar-refractivity contribution in [2.45, 2.75) is 31.1 Å². The molecular formula is C14H21N3OS. The summed E-state index contributed by atoms with van der Waals surface area (Å²) in [7, 11) is 0. The van der Waals surface area contributed by atoms with Gasteiger partial charge in [0.2, 0.25) is 5.91 Å². The zero-order chi connectivity index (χ0) is 13.3. The molecule has 1 aliphatic heterocycles. The largest absolute Gasteiger partial charge is 0.355 e. The summed E-state index contributed by atoms with van der Waals surface area (Å²) in [6, 6.07) is 6.40. The molecule has 1 aromatic rings. The minimum absolute atomic E-state index is 0.155. The summed E-state index contributed by atoms with van der Waals surface area (Å²) >= 11 is 1.75. The van der Waals surface area contributed by atoms with Crippen molar-refractivity contribution in [1.82, 2.24) is 15.6 Å². The van der Waals surface area contributed by atoms with E-state index in [-0.39, 0.29) is 5.91 Å². The van der Waals surface area contributed by atoms with Crippen molar-refractivity contribution in [3.05, 3.63) is 30.1 Å². The van der Waals surface area contributed by atoms with E-state index in [9.17, 15) is 4.79 Å². The Morgan fingerprint density at radius 1 is 1.53 bits per heavy atom. The van der Waals surface area contributed by atoms with Gasteiger partial charge in [0.25, 0.3) is 0 Å². The molecule has 2 heterocycles. The Kier molecular flexibility index (Phi) is 6.17. The molecule has 1 fully saturated rings. The van der Waals surface area contributed by atoms with Gasteiger partial charge in [-0.1, -0.05) is 6.07 Å².